The molecule has 2 heterocycles. The normalized spacial score (nSPS) is 22.0. The molecule has 0 bridgehead atoms. The highest BCUT2D eigenvalue weighted by molar-refractivity contribution is 6.30. The van der Waals surface area contributed by atoms with Gasteiger partial charge in [-0.3, -0.25) is 14.5 Å². The second kappa shape index (κ2) is 8.84. The van der Waals surface area contributed by atoms with E-state index in [1.165, 1.54) is 0 Å². The second-order valence-electron chi connectivity index (χ2n) is 6.87. The van der Waals surface area contributed by atoms with Crippen LogP contribution in [0.5, 0.6) is 0 Å². The number of halogens is 1. The van der Waals surface area contributed by atoms with Crippen molar-refractivity contribution in [1.29, 1.82) is 0 Å². The quantitative estimate of drug-likeness (QED) is 0.761. The van der Waals surface area contributed by atoms with Gasteiger partial charge in [0.05, 0.1) is 0 Å². The van der Waals surface area contributed by atoms with Crippen LogP contribution < -0.4 is 10.2 Å². The Hall–Kier alpha value is -1.63. The molecule has 1 atom stereocenters. The number of nitrogens with one attached hydrogen (secondary N) is 1. The predicted octanol–water partition coefficient (Wildman–Crippen LogP) is 1.45. The van der Waals surface area contributed by atoms with E-state index in [-0.39, 0.29) is 11.8 Å². The zero-order valence-corrected chi connectivity index (χ0v) is 16.0. The highest BCUT2D eigenvalue weighted by Crippen LogP contribution is 2.26. The third-order valence-electron chi connectivity index (χ3n) is 5.30. The highest BCUT2D eigenvalue weighted by Gasteiger charge is 2.37. The van der Waals surface area contributed by atoms with Gasteiger partial charge in [-0.2, -0.15) is 0 Å². The van der Waals surface area contributed by atoms with Gasteiger partial charge in [-0.25, -0.2) is 0 Å². The Morgan fingerprint density at radius 3 is 2.42 bits per heavy atom. The van der Waals surface area contributed by atoms with Gasteiger partial charge in [0.15, 0.2) is 0 Å². The largest absolute Gasteiger partial charge is 0.354 e. The zero-order chi connectivity index (χ0) is 18.5. The Balaban J connectivity index is 1.44. The number of anilines is 1. The molecule has 2 saturated heterocycles. The number of carbonyl (C=O) groups is 2. The van der Waals surface area contributed by atoms with Crippen LogP contribution in [0.4, 0.5) is 5.69 Å². The molecular formula is C19H27ClN4O2. The maximum absolute atomic E-state index is 12.6. The Bertz CT molecular complexity index is 629. The molecule has 0 aliphatic carbocycles. The fraction of sp³-hybridized carbons (Fsp3) is 0.579. The van der Waals surface area contributed by atoms with Crippen LogP contribution in [0.3, 0.4) is 0 Å². The summed E-state index contributed by atoms with van der Waals surface area (Å²) in [6, 6.07) is 7.15. The Morgan fingerprint density at radius 2 is 1.77 bits per heavy atom. The number of amides is 2. The van der Waals surface area contributed by atoms with E-state index in [0.29, 0.717) is 24.5 Å². The molecule has 2 amide bonds. The van der Waals surface area contributed by atoms with Gasteiger partial charge in [0.1, 0.15) is 5.92 Å². The summed E-state index contributed by atoms with van der Waals surface area (Å²) in [7, 11) is 0. The van der Waals surface area contributed by atoms with Crippen LogP contribution in [0.15, 0.2) is 24.3 Å². The number of piperazine rings is 1. The molecule has 2 aliphatic rings. The highest BCUT2D eigenvalue weighted by atomic mass is 35.5. The number of hydrogen-bond donors (Lipinski definition) is 1. The van der Waals surface area contributed by atoms with Crippen LogP contribution in [-0.4, -0.2) is 74.0 Å². The van der Waals surface area contributed by atoms with E-state index < -0.39 is 5.92 Å². The SMILES string of the molecule is CCN1CCN(CCNC(=O)C2CCN(c3ccc(Cl)cc3)C2=O)CC1. The van der Waals surface area contributed by atoms with Gasteiger partial charge in [-0.05, 0) is 37.2 Å². The van der Waals surface area contributed by atoms with Gasteiger partial charge in [0, 0.05) is 56.5 Å². The van der Waals surface area contributed by atoms with Gasteiger partial charge in [-0.15, -0.1) is 0 Å². The molecule has 7 heteroatoms. The third-order valence-corrected chi connectivity index (χ3v) is 5.55. The number of likely N-dealkylation sites (N-methyl/N-ethyl adjacent to an activating group) is 1. The Morgan fingerprint density at radius 1 is 1.12 bits per heavy atom. The number of rotatable bonds is 6. The summed E-state index contributed by atoms with van der Waals surface area (Å²) in [5.74, 6) is -0.859. The third kappa shape index (κ3) is 4.55. The van der Waals surface area contributed by atoms with Crippen LogP contribution in [-0.2, 0) is 9.59 Å². The standard InChI is InChI=1S/C19H27ClN4O2/c1-2-22-11-13-23(14-12-22)10-8-21-18(25)17-7-9-24(19(17)26)16-5-3-15(20)4-6-16/h3-6,17H,2,7-14H2,1H3,(H,21,25). The molecule has 1 N–H and O–H groups in total. The first-order valence-corrected chi connectivity index (χ1v) is 9.75. The van der Waals surface area contributed by atoms with Gasteiger partial charge >= 0.3 is 0 Å². The molecule has 6 nitrogen and oxygen atoms in total. The fourth-order valence-electron chi connectivity index (χ4n) is 3.59. The lowest BCUT2D eigenvalue weighted by Crippen LogP contribution is -2.48. The van der Waals surface area contributed by atoms with E-state index in [0.717, 1.165) is 45.0 Å². The zero-order valence-electron chi connectivity index (χ0n) is 15.3. The molecule has 2 aliphatic heterocycles. The number of carbonyl (C=O) groups excluding carboxylic acids is 2. The van der Waals surface area contributed by atoms with Crippen molar-refractivity contribution in [3.8, 4) is 0 Å². The molecule has 0 saturated carbocycles. The molecule has 1 aromatic rings. The fourth-order valence-corrected chi connectivity index (χ4v) is 3.72. The average molecular weight is 379 g/mol. The van der Waals surface area contributed by atoms with Crippen LogP contribution >= 0.6 is 11.6 Å². The van der Waals surface area contributed by atoms with Crippen molar-refractivity contribution in [2.45, 2.75) is 13.3 Å². The summed E-state index contributed by atoms with van der Waals surface area (Å²) in [4.78, 5) is 31.5. The molecule has 0 radical (unpaired) electrons. The molecule has 26 heavy (non-hydrogen) atoms. The van der Waals surface area contributed by atoms with Gasteiger partial charge < -0.3 is 15.1 Å². The van der Waals surface area contributed by atoms with Gasteiger partial charge in [0.2, 0.25) is 11.8 Å². The summed E-state index contributed by atoms with van der Waals surface area (Å²) in [5, 5.41) is 3.58. The van der Waals surface area contributed by atoms with Crippen molar-refractivity contribution in [2.24, 2.45) is 5.92 Å². The van der Waals surface area contributed by atoms with Gasteiger partial charge in [0.25, 0.3) is 0 Å². The van der Waals surface area contributed by atoms with E-state index in [9.17, 15) is 9.59 Å². The monoisotopic (exact) mass is 378 g/mol. The van der Waals surface area contributed by atoms with Crippen LogP contribution in [0, 0.1) is 5.92 Å². The Kier molecular flexibility index (Phi) is 6.51. The van der Waals surface area contributed by atoms with E-state index >= 15 is 0 Å². The lowest BCUT2D eigenvalue weighted by atomic mass is 10.1. The molecule has 0 aromatic heterocycles. The van der Waals surface area contributed by atoms with Crippen molar-refractivity contribution in [3.05, 3.63) is 29.3 Å². The minimum Gasteiger partial charge on any atom is -0.354 e. The van der Waals surface area contributed by atoms with Gasteiger partial charge in [-0.1, -0.05) is 18.5 Å². The number of hydrogen-bond acceptors (Lipinski definition) is 4. The molecule has 3 rings (SSSR count). The molecule has 1 aromatic carbocycles. The van der Waals surface area contributed by atoms with Crippen molar-refractivity contribution in [2.75, 3.05) is 57.3 Å². The van der Waals surface area contributed by atoms with E-state index in [4.69, 9.17) is 11.6 Å². The first-order valence-electron chi connectivity index (χ1n) is 9.38. The topological polar surface area (TPSA) is 55.9 Å². The summed E-state index contributed by atoms with van der Waals surface area (Å²) in [6.07, 6.45) is 0.558. The minimum absolute atomic E-state index is 0.124. The van der Waals surface area contributed by atoms with Crippen LogP contribution in [0.25, 0.3) is 0 Å². The summed E-state index contributed by atoms with van der Waals surface area (Å²) >= 11 is 5.90. The Labute approximate surface area is 160 Å². The van der Waals surface area contributed by atoms with Crippen molar-refractivity contribution < 1.29 is 9.59 Å². The smallest absolute Gasteiger partial charge is 0.239 e. The molecular weight excluding hydrogens is 352 g/mol. The first-order chi connectivity index (χ1) is 12.6. The molecule has 142 valence electrons. The lowest BCUT2D eigenvalue weighted by molar-refractivity contribution is -0.132. The maximum Gasteiger partial charge on any atom is 0.239 e. The van der Waals surface area contributed by atoms with Crippen molar-refractivity contribution >= 4 is 29.1 Å². The first kappa shape index (κ1) is 19.1. The summed E-state index contributed by atoms with van der Waals surface area (Å²) < 4.78 is 0. The van der Waals surface area contributed by atoms with E-state index in [1.807, 2.05) is 12.1 Å². The van der Waals surface area contributed by atoms with Crippen LogP contribution in [0.1, 0.15) is 13.3 Å². The maximum atomic E-state index is 12.6. The lowest BCUT2D eigenvalue weighted by Gasteiger charge is -2.34. The van der Waals surface area contributed by atoms with E-state index in [1.54, 1.807) is 17.0 Å². The number of nitrogens with zero attached hydrogens (tertiary/aromatic N) is 3. The van der Waals surface area contributed by atoms with E-state index in [2.05, 4.69) is 22.0 Å². The molecule has 1 unspecified atom stereocenters. The summed E-state index contributed by atoms with van der Waals surface area (Å²) in [5.41, 5.74) is 0.795. The van der Waals surface area contributed by atoms with Crippen LogP contribution in [0.2, 0.25) is 5.02 Å². The predicted molar refractivity (Wildman–Crippen MR) is 103 cm³/mol. The average Bonchev–Trinajstić information content (AvgIpc) is 3.04. The summed E-state index contributed by atoms with van der Waals surface area (Å²) in [6.45, 7) is 9.52. The number of benzene rings is 1. The van der Waals surface area contributed by atoms with Crippen molar-refractivity contribution in [3.63, 3.8) is 0 Å². The molecule has 2 fully saturated rings. The molecule has 0 spiro atoms. The van der Waals surface area contributed by atoms with Crippen molar-refractivity contribution in [1.82, 2.24) is 15.1 Å². The second-order valence-corrected chi connectivity index (χ2v) is 7.31. The minimum atomic E-state index is -0.581.